The molecule has 0 amide bonds. The predicted octanol–water partition coefficient (Wildman–Crippen LogP) is 1.60. The van der Waals surface area contributed by atoms with E-state index in [1.165, 1.54) is 0 Å². The highest BCUT2D eigenvalue weighted by Crippen LogP contribution is 2.09. The Morgan fingerprint density at radius 2 is 1.88 bits per heavy atom. The molecule has 48 valence electrons. The standard InChI is InChI=1S/C6H13BrN/c1-5-6(7)8(2,3)4/h5-6H,1H2,2-4H3/q+1. The lowest BCUT2D eigenvalue weighted by Gasteiger charge is -2.27. The number of alkyl halides is 1. The summed E-state index contributed by atoms with van der Waals surface area (Å²) >= 11 is 3.45. The van der Waals surface area contributed by atoms with E-state index in [1.807, 2.05) is 6.08 Å². The van der Waals surface area contributed by atoms with E-state index >= 15 is 0 Å². The van der Waals surface area contributed by atoms with Gasteiger partial charge in [-0.1, -0.05) is 6.58 Å². The molecule has 0 fully saturated rings. The van der Waals surface area contributed by atoms with Gasteiger partial charge in [-0.3, -0.25) is 0 Å². The van der Waals surface area contributed by atoms with Crippen molar-refractivity contribution in [3.8, 4) is 0 Å². The summed E-state index contributed by atoms with van der Waals surface area (Å²) in [5, 5.41) is 0. The van der Waals surface area contributed by atoms with Gasteiger partial charge in [0.05, 0.1) is 21.1 Å². The zero-order valence-corrected chi connectivity index (χ0v) is 7.27. The molecule has 8 heavy (non-hydrogen) atoms. The second-order valence-electron chi connectivity index (χ2n) is 2.72. The summed E-state index contributed by atoms with van der Waals surface area (Å²) in [6, 6.07) is 0. The van der Waals surface area contributed by atoms with Gasteiger partial charge in [0.25, 0.3) is 0 Å². The van der Waals surface area contributed by atoms with Crippen LogP contribution in [0.3, 0.4) is 0 Å². The van der Waals surface area contributed by atoms with Gasteiger partial charge in [-0.15, -0.1) is 0 Å². The lowest BCUT2D eigenvalue weighted by atomic mass is 10.5. The highest BCUT2D eigenvalue weighted by molar-refractivity contribution is 9.09. The minimum atomic E-state index is 0.363. The first-order valence-corrected chi connectivity index (χ1v) is 3.48. The first kappa shape index (κ1) is 8.18. The summed E-state index contributed by atoms with van der Waals surface area (Å²) in [5.41, 5.74) is 0. The van der Waals surface area contributed by atoms with Crippen LogP contribution >= 0.6 is 15.9 Å². The molecule has 0 aliphatic rings. The molecule has 0 N–H and O–H groups in total. The molecule has 0 saturated carbocycles. The van der Waals surface area contributed by atoms with E-state index in [9.17, 15) is 0 Å². The molecule has 0 saturated heterocycles. The molecular weight excluding hydrogens is 166 g/mol. The van der Waals surface area contributed by atoms with Crippen LogP contribution < -0.4 is 0 Å². The Bertz CT molecular complexity index is 83.0. The van der Waals surface area contributed by atoms with Gasteiger partial charge >= 0.3 is 0 Å². The fourth-order valence-electron chi connectivity index (χ4n) is 0.316. The minimum Gasteiger partial charge on any atom is -0.316 e. The second-order valence-corrected chi connectivity index (χ2v) is 3.66. The molecule has 0 aromatic heterocycles. The van der Waals surface area contributed by atoms with Crippen LogP contribution in [0.1, 0.15) is 0 Å². The maximum absolute atomic E-state index is 3.66. The summed E-state index contributed by atoms with van der Waals surface area (Å²) in [6.45, 7) is 3.66. The van der Waals surface area contributed by atoms with Crippen molar-refractivity contribution in [1.29, 1.82) is 0 Å². The summed E-state index contributed by atoms with van der Waals surface area (Å²) < 4.78 is 0.878. The molecule has 0 spiro atoms. The molecule has 2 heteroatoms. The number of quaternary nitrogens is 1. The van der Waals surface area contributed by atoms with Gasteiger partial charge in [-0.2, -0.15) is 0 Å². The SMILES string of the molecule is C=CC(Br)[N+](C)(C)C. The van der Waals surface area contributed by atoms with E-state index in [0.717, 1.165) is 4.48 Å². The van der Waals surface area contributed by atoms with Crippen molar-refractivity contribution in [2.75, 3.05) is 21.1 Å². The van der Waals surface area contributed by atoms with Gasteiger partial charge in [0, 0.05) is 0 Å². The van der Waals surface area contributed by atoms with E-state index in [0.29, 0.717) is 4.95 Å². The molecule has 0 rings (SSSR count). The van der Waals surface area contributed by atoms with Crippen molar-refractivity contribution in [3.05, 3.63) is 12.7 Å². The molecule has 0 radical (unpaired) electrons. The average molecular weight is 179 g/mol. The Morgan fingerprint density at radius 3 is 1.88 bits per heavy atom. The molecule has 1 unspecified atom stereocenters. The van der Waals surface area contributed by atoms with Gasteiger partial charge in [-0.05, 0) is 22.0 Å². The molecule has 1 atom stereocenters. The lowest BCUT2D eigenvalue weighted by molar-refractivity contribution is -0.872. The Morgan fingerprint density at radius 1 is 1.50 bits per heavy atom. The zero-order valence-electron chi connectivity index (χ0n) is 5.69. The molecular formula is C6H13BrN+. The highest BCUT2D eigenvalue weighted by atomic mass is 79.9. The van der Waals surface area contributed by atoms with Crippen LogP contribution in [0.25, 0.3) is 0 Å². The fraction of sp³-hybridized carbons (Fsp3) is 0.667. The summed E-state index contributed by atoms with van der Waals surface area (Å²) in [5.74, 6) is 0. The maximum Gasteiger partial charge on any atom is 0.162 e. The minimum absolute atomic E-state index is 0.363. The predicted molar refractivity (Wildman–Crippen MR) is 40.9 cm³/mol. The lowest BCUT2D eigenvalue weighted by Crippen LogP contribution is -2.39. The number of halogens is 1. The van der Waals surface area contributed by atoms with Crippen molar-refractivity contribution in [1.82, 2.24) is 0 Å². The third-order valence-corrected chi connectivity index (χ3v) is 2.54. The van der Waals surface area contributed by atoms with Crippen LogP contribution in [0.2, 0.25) is 0 Å². The first-order chi connectivity index (χ1) is 3.48. The van der Waals surface area contributed by atoms with E-state index in [1.54, 1.807) is 0 Å². The highest BCUT2D eigenvalue weighted by Gasteiger charge is 2.14. The van der Waals surface area contributed by atoms with Crippen molar-refractivity contribution < 1.29 is 4.48 Å². The summed E-state index contributed by atoms with van der Waals surface area (Å²) in [6.07, 6.45) is 1.89. The molecule has 0 aromatic carbocycles. The van der Waals surface area contributed by atoms with E-state index in [4.69, 9.17) is 0 Å². The van der Waals surface area contributed by atoms with E-state index in [-0.39, 0.29) is 0 Å². The van der Waals surface area contributed by atoms with Crippen LogP contribution in [-0.2, 0) is 0 Å². The van der Waals surface area contributed by atoms with Crippen LogP contribution in [0.5, 0.6) is 0 Å². The Kier molecular flexibility index (Phi) is 2.71. The Hall–Kier alpha value is 0.180. The first-order valence-electron chi connectivity index (χ1n) is 2.56. The van der Waals surface area contributed by atoms with Gasteiger partial charge in [0.1, 0.15) is 0 Å². The number of rotatable bonds is 2. The van der Waals surface area contributed by atoms with Crippen molar-refractivity contribution in [3.63, 3.8) is 0 Å². The van der Waals surface area contributed by atoms with Gasteiger partial charge in [0.2, 0.25) is 0 Å². The molecule has 1 nitrogen and oxygen atoms in total. The normalized spacial score (nSPS) is 15.5. The number of hydrogen-bond donors (Lipinski definition) is 0. The summed E-state index contributed by atoms with van der Waals surface area (Å²) in [4.78, 5) is 0.363. The third-order valence-electron chi connectivity index (χ3n) is 0.934. The van der Waals surface area contributed by atoms with Crippen LogP contribution in [0, 0.1) is 0 Å². The van der Waals surface area contributed by atoms with E-state index < -0.39 is 0 Å². The number of likely N-dealkylation sites (N-methyl/N-ethyl adjacent to an activating group) is 1. The van der Waals surface area contributed by atoms with E-state index in [2.05, 4.69) is 43.7 Å². The number of hydrogen-bond acceptors (Lipinski definition) is 0. The molecule has 0 aliphatic heterocycles. The number of nitrogens with zero attached hydrogens (tertiary/aromatic N) is 1. The van der Waals surface area contributed by atoms with Gasteiger partial charge < -0.3 is 4.48 Å². The smallest absolute Gasteiger partial charge is 0.162 e. The zero-order chi connectivity index (χ0) is 6.78. The van der Waals surface area contributed by atoms with Crippen LogP contribution in [0.15, 0.2) is 12.7 Å². The topological polar surface area (TPSA) is 0 Å². The largest absolute Gasteiger partial charge is 0.316 e. The molecule has 0 heterocycles. The maximum atomic E-state index is 3.66. The monoisotopic (exact) mass is 178 g/mol. The second kappa shape index (κ2) is 2.65. The van der Waals surface area contributed by atoms with Gasteiger partial charge in [-0.25, -0.2) is 0 Å². The molecule has 0 bridgehead atoms. The molecule has 0 aliphatic carbocycles. The Labute approximate surface area is 59.7 Å². The average Bonchev–Trinajstić information content (AvgIpc) is 1.62. The van der Waals surface area contributed by atoms with Crippen molar-refractivity contribution >= 4 is 15.9 Å². The van der Waals surface area contributed by atoms with Gasteiger partial charge in [0.15, 0.2) is 4.95 Å². The molecule has 0 aromatic rings. The van der Waals surface area contributed by atoms with Crippen LogP contribution in [-0.4, -0.2) is 30.6 Å². The quantitative estimate of drug-likeness (QED) is 0.261. The van der Waals surface area contributed by atoms with Crippen molar-refractivity contribution in [2.24, 2.45) is 0 Å². The third kappa shape index (κ3) is 2.48. The summed E-state index contributed by atoms with van der Waals surface area (Å²) in [7, 11) is 6.34. The van der Waals surface area contributed by atoms with Crippen LogP contribution in [0.4, 0.5) is 0 Å². The van der Waals surface area contributed by atoms with Crippen molar-refractivity contribution in [2.45, 2.75) is 4.95 Å². The fourth-order valence-corrected chi connectivity index (χ4v) is 0.316. The Balaban J connectivity index is 3.80.